The van der Waals surface area contributed by atoms with Crippen molar-refractivity contribution >= 4 is 13.4 Å². The molecule has 0 aromatic heterocycles. The van der Waals surface area contributed by atoms with Gasteiger partial charge in [0.1, 0.15) is 5.92 Å². The third-order valence-electron chi connectivity index (χ3n) is 4.35. The Labute approximate surface area is 168 Å². The number of ketones is 1. The first kappa shape index (κ1) is 22.9. The molecule has 0 aliphatic rings. The molecular formula is C20H23FNO6P. The fourth-order valence-corrected chi connectivity index (χ4v) is 5.23. The van der Waals surface area contributed by atoms with Crippen LogP contribution in [-0.2, 0) is 13.6 Å². The zero-order valence-electron chi connectivity index (χ0n) is 16.2. The van der Waals surface area contributed by atoms with Gasteiger partial charge >= 0.3 is 7.60 Å². The summed E-state index contributed by atoms with van der Waals surface area (Å²) in [7, 11) is -4.76. The Bertz CT molecular complexity index is 869. The Kier molecular flexibility index (Phi) is 7.79. The first-order valence-electron chi connectivity index (χ1n) is 9.14. The number of alkyl halides is 1. The summed E-state index contributed by atoms with van der Waals surface area (Å²) in [5.74, 6) is -2.87. The number of Topliss-reactive ketones (excluding diaryl/α,β-unsaturated/α-hetero) is 1. The molecular weight excluding hydrogens is 400 g/mol. The summed E-state index contributed by atoms with van der Waals surface area (Å²) in [5.41, 5.74) is 0.0644. The molecule has 0 heterocycles. The Balaban J connectivity index is 2.77. The molecule has 0 unspecified atom stereocenters. The summed E-state index contributed by atoms with van der Waals surface area (Å²) >= 11 is 0. The quantitative estimate of drug-likeness (QED) is 0.222. The molecule has 2 rings (SSSR count). The summed E-state index contributed by atoms with van der Waals surface area (Å²) in [6.07, 6.45) is 0. The smallest absolute Gasteiger partial charge is 0.306 e. The Morgan fingerprint density at radius 1 is 1.07 bits per heavy atom. The van der Waals surface area contributed by atoms with Gasteiger partial charge in [-0.3, -0.25) is 19.5 Å². The van der Waals surface area contributed by atoms with Crippen LogP contribution in [0.3, 0.4) is 0 Å². The van der Waals surface area contributed by atoms with Crippen LogP contribution in [0.2, 0.25) is 0 Å². The highest BCUT2D eigenvalue weighted by atomic mass is 31.2. The van der Waals surface area contributed by atoms with Crippen molar-refractivity contribution in [3.05, 3.63) is 81.9 Å². The van der Waals surface area contributed by atoms with E-state index in [-0.39, 0.29) is 24.3 Å². The lowest BCUT2D eigenvalue weighted by molar-refractivity contribution is -0.485. The van der Waals surface area contributed by atoms with E-state index >= 15 is 4.39 Å². The van der Waals surface area contributed by atoms with E-state index in [0.717, 1.165) is 0 Å². The molecule has 2 aromatic rings. The molecule has 156 valence electrons. The average Bonchev–Trinajstić information content (AvgIpc) is 2.72. The molecule has 9 heteroatoms. The number of halogens is 1. The Morgan fingerprint density at radius 3 is 2.00 bits per heavy atom. The van der Waals surface area contributed by atoms with E-state index in [1.54, 1.807) is 24.3 Å². The topological polar surface area (TPSA) is 95.7 Å². The van der Waals surface area contributed by atoms with Crippen molar-refractivity contribution in [3.8, 4) is 0 Å². The van der Waals surface area contributed by atoms with Gasteiger partial charge in [-0.25, -0.2) is 4.39 Å². The molecule has 2 atom stereocenters. The second-order valence-electron chi connectivity index (χ2n) is 6.18. The third-order valence-corrected chi connectivity index (χ3v) is 6.85. The number of carbonyl (C=O) groups is 1. The van der Waals surface area contributed by atoms with Gasteiger partial charge in [-0.15, -0.1) is 0 Å². The summed E-state index contributed by atoms with van der Waals surface area (Å²) < 4.78 is 40.8. The van der Waals surface area contributed by atoms with Crippen molar-refractivity contribution in [1.29, 1.82) is 0 Å². The maximum absolute atomic E-state index is 16.8. The van der Waals surface area contributed by atoms with E-state index in [1.165, 1.54) is 50.2 Å². The van der Waals surface area contributed by atoms with Gasteiger partial charge in [0.2, 0.25) is 12.3 Å². The van der Waals surface area contributed by atoms with Gasteiger partial charge in [0, 0.05) is 10.5 Å². The molecule has 2 aromatic carbocycles. The predicted octanol–water partition coefficient (Wildman–Crippen LogP) is 4.86. The van der Waals surface area contributed by atoms with Gasteiger partial charge in [-0.2, -0.15) is 0 Å². The van der Waals surface area contributed by atoms with Crippen LogP contribution >= 0.6 is 7.60 Å². The summed E-state index contributed by atoms with van der Waals surface area (Å²) in [5, 5.41) is 8.09. The van der Waals surface area contributed by atoms with Gasteiger partial charge < -0.3 is 9.05 Å². The van der Waals surface area contributed by atoms with E-state index in [1.807, 2.05) is 0 Å². The van der Waals surface area contributed by atoms with Crippen molar-refractivity contribution in [2.45, 2.75) is 25.2 Å². The van der Waals surface area contributed by atoms with Gasteiger partial charge in [-0.1, -0.05) is 60.7 Å². The van der Waals surface area contributed by atoms with E-state index in [9.17, 15) is 19.5 Å². The molecule has 0 fully saturated rings. The number of nitrogens with zero attached hydrogens (tertiary/aromatic N) is 1. The number of carbonyl (C=O) groups excluding carboxylic acids is 1. The summed E-state index contributed by atoms with van der Waals surface area (Å²) in [6.45, 7) is 1.58. The van der Waals surface area contributed by atoms with Crippen LogP contribution in [0.4, 0.5) is 4.39 Å². The van der Waals surface area contributed by atoms with Crippen LogP contribution < -0.4 is 0 Å². The van der Waals surface area contributed by atoms with E-state index < -0.39 is 36.2 Å². The van der Waals surface area contributed by atoms with Crippen LogP contribution in [0.5, 0.6) is 0 Å². The summed E-state index contributed by atoms with van der Waals surface area (Å²) in [6, 6.07) is 15.0. The lowest BCUT2D eigenvalue weighted by Crippen LogP contribution is -2.44. The molecule has 0 spiro atoms. The molecule has 0 radical (unpaired) electrons. The lowest BCUT2D eigenvalue weighted by atomic mass is 9.89. The molecule has 0 saturated carbocycles. The van der Waals surface area contributed by atoms with E-state index in [2.05, 4.69) is 0 Å². The number of benzene rings is 2. The molecule has 0 bridgehead atoms. The molecule has 7 nitrogen and oxygen atoms in total. The van der Waals surface area contributed by atoms with E-state index in [0.29, 0.717) is 0 Å². The second-order valence-corrected chi connectivity index (χ2v) is 8.34. The maximum atomic E-state index is 16.8. The molecule has 0 aliphatic heterocycles. The minimum atomic E-state index is -4.76. The fourth-order valence-electron chi connectivity index (χ4n) is 3.11. The zero-order chi connectivity index (χ0) is 21.5. The van der Waals surface area contributed by atoms with Crippen molar-refractivity contribution in [2.75, 3.05) is 19.8 Å². The standard InChI is InChI=1S/C20H23FNO6P/c1-3-27-29(26,28-4-2)20(21,19(23)17-13-9-6-10-14-17)18(15-22(24)25)16-11-7-5-8-12-16/h5-14,18H,3-4,15H2,1-2H3/t18-,20-/m1/s1. The van der Waals surface area contributed by atoms with Crippen LogP contribution in [0.25, 0.3) is 0 Å². The first-order valence-corrected chi connectivity index (χ1v) is 10.7. The van der Waals surface area contributed by atoms with Crippen LogP contribution in [0.1, 0.15) is 35.7 Å². The summed E-state index contributed by atoms with van der Waals surface area (Å²) in [4.78, 5) is 24.0. The normalized spacial score (nSPS) is 14.7. The van der Waals surface area contributed by atoms with Crippen molar-refractivity contribution in [2.24, 2.45) is 0 Å². The number of hydrogen-bond acceptors (Lipinski definition) is 6. The molecule has 0 amide bonds. The molecule has 29 heavy (non-hydrogen) atoms. The average molecular weight is 423 g/mol. The fraction of sp³-hybridized carbons (Fsp3) is 0.350. The number of rotatable bonds is 11. The lowest BCUT2D eigenvalue weighted by Gasteiger charge is -2.35. The number of nitro groups is 1. The largest absolute Gasteiger partial charge is 0.376 e. The minimum absolute atomic E-state index is 0.0843. The van der Waals surface area contributed by atoms with Crippen LogP contribution in [0, 0.1) is 10.1 Å². The maximum Gasteiger partial charge on any atom is 0.376 e. The van der Waals surface area contributed by atoms with Gasteiger partial charge in [0.25, 0.3) is 5.41 Å². The van der Waals surface area contributed by atoms with Crippen LogP contribution in [-0.4, -0.2) is 35.9 Å². The van der Waals surface area contributed by atoms with Gasteiger partial charge in [-0.05, 0) is 19.4 Å². The van der Waals surface area contributed by atoms with Gasteiger partial charge in [0.15, 0.2) is 0 Å². The van der Waals surface area contributed by atoms with Gasteiger partial charge in [0.05, 0.1) is 13.2 Å². The molecule has 0 aliphatic carbocycles. The number of hydrogen-bond donors (Lipinski definition) is 0. The van der Waals surface area contributed by atoms with Crippen molar-refractivity contribution < 1.29 is 27.7 Å². The highest BCUT2D eigenvalue weighted by molar-refractivity contribution is 7.56. The predicted molar refractivity (Wildman–Crippen MR) is 107 cm³/mol. The van der Waals surface area contributed by atoms with E-state index in [4.69, 9.17) is 9.05 Å². The van der Waals surface area contributed by atoms with Crippen molar-refractivity contribution in [3.63, 3.8) is 0 Å². The Morgan fingerprint density at radius 2 is 1.55 bits per heavy atom. The Hall–Kier alpha value is -2.41. The van der Waals surface area contributed by atoms with Crippen LogP contribution in [0.15, 0.2) is 60.7 Å². The molecule has 0 N–H and O–H groups in total. The monoisotopic (exact) mass is 423 g/mol. The van der Waals surface area contributed by atoms with Crippen molar-refractivity contribution in [1.82, 2.24) is 0 Å². The molecule has 0 saturated heterocycles. The zero-order valence-corrected chi connectivity index (χ0v) is 17.1. The first-order chi connectivity index (χ1) is 13.8. The minimum Gasteiger partial charge on any atom is -0.306 e. The second kappa shape index (κ2) is 9.87. The third kappa shape index (κ3) is 4.78. The SMILES string of the molecule is CCOP(=O)(OCC)[C@@](F)(C(=O)c1ccccc1)[C@H](C[N+](=O)[O-])c1ccccc1. The highest BCUT2D eigenvalue weighted by Gasteiger charge is 2.64. The highest BCUT2D eigenvalue weighted by Crippen LogP contribution is 2.66.